The Balaban J connectivity index is 2.70. The van der Waals surface area contributed by atoms with Crippen LogP contribution in [0.5, 0.6) is 0 Å². The van der Waals surface area contributed by atoms with Gasteiger partial charge in [0.05, 0.1) is 23.3 Å². The van der Waals surface area contributed by atoms with E-state index in [1.807, 2.05) is 0 Å². The van der Waals surface area contributed by atoms with Crippen molar-refractivity contribution in [3.8, 4) is 0 Å². The highest BCUT2D eigenvalue weighted by Gasteiger charge is 2.19. The molecule has 0 fully saturated rings. The molecule has 2 amide bonds. The molecule has 0 aromatic heterocycles. The fourth-order valence-electron chi connectivity index (χ4n) is 2.02. The lowest BCUT2D eigenvalue weighted by Gasteiger charge is -2.27. The first-order valence-corrected chi connectivity index (χ1v) is 16.2. The molecule has 0 aliphatic carbocycles. The molecular formula is C17H30Cl2N2O3Si2. The third kappa shape index (κ3) is 9.94. The molecule has 26 heavy (non-hydrogen) atoms. The highest BCUT2D eigenvalue weighted by atomic mass is 35.5. The molecule has 9 heteroatoms. The van der Waals surface area contributed by atoms with Crippen LogP contribution in [-0.4, -0.2) is 53.9 Å². The van der Waals surface area contributed by atoms with Gasteiger partial charge in [-0.25, -0.2) is 4.79 Å². The van der Waals surface area contributed by atoms with Crippen molar-refractivity contribution < 1.29 is 13.6 Å². The Morgan fingerprint density at radius 2 is 1.46 bits per heavy atom. The highest BCUT2D eigenvalue weighted by molar-refractivity contribution is 6.70. The summed E-state index contributed by atoms with van der Waals surface area (Å²) < 4.78 is 11.8. The molecule has 0 spiro atoms. The SMILES string of the molecule is C[Si](C)(C)OCCN(CCO[Si](C)(C)C)C(=O)Nc1ccc(Cl)c(Cl)c1. The predicted molar refractivity (Wildman–Crippen MR) is 116 cm³/mol. The van der Waals surface area contributed by atoms with Gasteiger partial charge in [0.25, 0.3) is 0 Å². The van der Waals surface area contributed by atoms with Crippen LogP contribution in [0.3, 0.4) is 0 Å². The normalized spacial score (nSPS) is 12.2. The average Bonchev–Trinajstić information content (AvgIpc) is 2.47. The number of urea groups is 1. The monoisotopic (exact) mass is 436 g/mol. The van der Waals surface area contributed by atoms with Gasteiger partial charge in [-0.2, -0.15) is 0 Å². The van der Waals surface area contributed by atoms with Crippen LogP contribution in [-0.2, 0) is 8.85 Å². The Hall–Kier alpha value is -0.576. The number of hydrogen-bond donors (Lipinski definition) is 1. The topological polar surface area (TPSA) is 50.8 Å². The van der Waals surface area contributed by atoms with E-state index in [4.69, 9.17) is 32.1 Å². The predicted octanol–water partition coefficient (Wildman–Crippen LogP) is 5.53. The molecule has 0 aliphatic rings. The first-order valence-electron chi connectivity index (χ1n) is 8.66. The first-order chi connectivity index (χ1) is 11.9. The maximum Gasteiger partial charge on any atom is 0.321 e. The summed E-state index contributed by atoms with van der Waals surface area (Å²) in [6.07, 6.45) is 0. The fourth-order valence-corrected chi connectivity index (χ4v) is 3.72. The molecule has 0 heterocycles. The van der Waals surface area contributed by atoms with Gasteiger partial charge in [0.15, 0.2) is 16.6 Å². The van der Waals surface area contributed by atoms with Gasteiger partial charge in [0.2, 0.25) is 0 Å². The summed E-state index contributed by atoms with van der Waals surface area (Å²) in [5.41, 5.74) is 0.603. The quantitative estimate of drug-likeness (QED) is 0.517. The van der Waals surface area contributed by atoms with Gasteiger partial charge in [0.1, 0.15) is 0 Å². The number of carbonyl (C=O) groups is 1. The maximum atomic E-state index is 12.7. The van der Waals surface area contributed by atoms with E-state index in [1.54, 1.807) is 23.1 Å². The van der Waals surface area contributed by atoms with Crippen molar-refractivity contribution in [3.05, 3.63) is 28.2 Å². The summed E-state index contributed by atoms with van der Waals surface area (Å²) in [4.78, 5) is 14.4. The number of carbonyl (C=O) groups excluding carboxylic acids is 1. The number of rotatable bonds is 9. The van der Waals surface area contributed by atoms with Gasteiger partial charge in [0, 0.05) is 18.8 Å². The minimum Gasteiger partial charge on any atom is -0.416 e. The summed E-state index contributed by atoms with van der Waals surface area (Å²) in [5, 5.41) is 3.72. The average molecular weight is 438 g/mol. The lowest BCUT2D eigenvalue weighted by molar-refractivity contribution is 0.175. The van der Waals surface area contributed by atoms with Crippen LogP contribution in [0.25, 0.3) is 0 Å². The van der Waals surface area contributed by atoms with Gasteiger partial charge >= 0.3 is 6.03 Å². The van der Waals surface area contributed by atoms with Crippen molar-refractivity contribution in [1.82, 2.24) is 4.90 Å². The van der Waals surface area contributed by atoms with E-state index in [1.165, 1.54) is 0 Å². The van der Waals surface area contributed by atoms with Crippen molar-refractivity contribution in [2.75, 3.05) is 31.6 Å². The van der Waals surface area contributed by atoms with Crippen molar-refractivity contribution in [2.24, 2.45) is 0 Å². The van der Waals surface area contributed by atoms with E-state index in [-0.39, 0.29) is 6.03 Å². The molecule has 0 saturated carbocycles. The number of nitrogens with one attached hydrogen (secondary N) is 1. The Morgan fingerprint density at radius 1 is 0.962 bits per heavy atom. The first kappa shape index (κ1) is 23.5. The Morgan fingerprint density at radius 3 is 1.88 bits per heavy atom. The van der Waals surface area contributed by atoms with Crippen LogP contribution >= 0.6 is 23.2 Å². The largest absolute Gasteiger partial charge is 0.416 e. The van der Waals surface area contributed by atoms with Gasteiger partial charge in [-0.05, 0) is 57.5 Å². The van der Waals surface area contributed by atoms with Crippen molar-refractivity contribution in [2.45, 2.75) is 39.3 Å². The third-order valence-corrected chi connectivity index (χ3v) is 6.13. The lowest BCUT2D eigenvalue weighted by atomic mass is 10.3. The van der Waals surface area contributed by atoms with E-state index >= 15 is 0 Å². The van der Waals surface area contributed by atoms with Crippen LogP contribution in [0, 0.1) is 0 Å². The second-order valence-corrected chi connectivity index (χ2v) is 17.8. The van der Waals surface area contributed by atoms with Crippen molar-refractivity contribution in [3.63, 3.8) is 0 Å². The van der Waals surface area contributed by atoms with Crippen LogP contribution in [0.15, 0.2) is 18.2 Å². The molecule has 5 nitrogen and oxygen atoms in total. The van der Waals surface area contributed by atoms with Crippen LogP contribution in [0.1, 0.15) is 0 Å². The Bertz CT molecular complexity index is 585. The molecule has 1 aromatic carbocycles. The molecule has 1 N–H and O–H groups in total. The summed E-state index contributed by atoms with van der Waals surface area (Å²) in [6.45, 7) is 14.8. The van der Waals surface area contributed by atoms with Crippen LogP contribution in [0.4, 0.5) is 10.5 Å². The van der Waals surface area contributed by atoms with Gasteiger partial charge < -0.3 is 19.1 Å². The fraction of sp³-hybridized carbons (Fsp3) is 0.588. The molecule has 0 saturated heterocycles. The van der Waals surface area contributed by atoms with Gasteiger partial charge in [-0.15, -0.1) is 0 Å². The minimum atomic E-state index is -1.62. The van der Waals surface area contributed by atoms with E-state index in [0.29, 0.717) is 42.0 Å². The number of halogens is 2. The number of benzene rings is 1. The lowest BCUT2D eigenvalue weighted by Crippen LogP contribution is -2.42. The molecule has 1 aromatic rings. The van der Waals surface area contributed by atoms with Gasteiger partial charge in [-0.3, -0.25) is 0 Å². The van der Waals surface area contributed by atoms with E-state index < -0.39 is 16.6 Å². The summed E-state index contributed by atoms with van der Waals surface area (Å²) in [5.74, 6) is 0. The number of hydrogen-bond acceptors (Lipinski definition) is 3. The van der Waals surface area contributed by atoms with E-state index in [2.05, 4.69) is 44.6 Å². The molecule has 0 bridgehead atoms. The second kappa shape index (κ2) is 10.1. The summed E-state index contributed by atoms with van der Waals surface area (Å²) in [6, 6.07) is 4.81. The number of nitrogens with zero attached hydrogens (tertiary/aromatic N) is 1. The summed E-state index contributed by atoms with van der Waals surface area (Å²) >= 11 is 11.9. The van der Waals surface area contributed by atoms with E-state index in [9.17, 15) is 4.79 Å². The molecule has 1 rings (SSSR count). The van der Waals surface area contributed by atoms with Crippen LogP contribution in [0.2, 0.25) is 49.3 Å². The Kier molecular flexibility index (Phi) is 9.12. The third-order valence-electron chi connectivity index (χ3n) is 3.25. The molecular weight excluding hydrogens is 407 g/mol. The molecule has 0 unspecified atom stereocenters. The zero-order valence-corrected chi connectivity index (χ0v) is 20.0. The second-order valence-electron chi connectivity index (χ2n) is 7.97. The van der Waals surface area contributed by atoms with Gasteiger partial charge in [-0.1, -0.05) is 23.2 Å². The standard InChI is InChI=1S/C17H30Cl2N2O3Si2/c1-25(2,3)23-11-9-21(10-12-24-26(4,5)6)17(22)20-14-7-8-15(18)16(19)13-14/h7-8,13H,9-12H2,1-6H3,(H,20,22). The zero-order valence-electron chi connectivity index (χ0n) is 16.5. The maximum absolute atomic E-state index is 12.7. The highest BCUT2D eigenvalue weighted by Crippen LogP contribution is 2.25. The van der Waals surface area contributed by atoms with E-state index in [0.717, 1.165) is 0 Å². The van der Waals surface area contributed by atoms with Crippen molar-refractivity contribution in [1.29, 1.82) is 0 Å². The summed E-state index contributed by atoms with van der Waals surface area (Å²) in [7, 11) is -3.25. The Labute approximate surface area is 169 Å². The zero-order chi connectivity index (χ0) is 20.0. The minimum absolute atomic E-state index is 0.207. The smallest absolute Gasteiger partial charge is 0.321 e. The molecule has 0 atom stereocenters. The molecule has 148 valence electrons. The number of amides is 2. The van der Waals surface area contributed by atoms with Crippen molar-refractivity contribution >= 4 is 51.6 Å². The molecule has 0 aliphatic heterocycles. The van der Waals surface area contributed by atoms with Crippen LogP contribution < -0.4 is 5.32 Å². The number of anilines is 1. The molecule has 0 radical (unpaired) electrons.